The van der Waals surface area contributed by atoms with E-state index in [-0.39, 0.29) is 0 Å². The first-order valence-corrected chi connectivity index (χ1v) is 6.97. The summed E-state index contributed by atoms with van der Waals surface area (Å²) in [7, 11) is 2.14. The second kappa shape index (κ2) is 4.75. The Bertz CT molecular complexity index is 652. The third kappa shape index (κ3) is 2.12. The number of aryl methyl sites for hydroxylation is 1. The summed E-state index contributed by atoms with van der Waals surface area (Å²) in [6, 6.07) is 3.96. The standard InChI is InChI=1S/C15H18ClN3/c1-9-5-10(16)6-11-12(7-17)13-8-19(2)4-3-14(13)18-15(9)11/h5-6H,3-4,7-8,17H2,1-2H3. The third-order valence-electron chi connectivity index (χ3n) is 3.91. The van der Waals surface area contributed by atoms with Gasteiger partial charge in [-0.15, -0.1) is 0 Å². The Kier molecular flexibility index (Phi) is 3.21. The maximum Gasteiger partial charge on any atom is 0.0738 e. The Morgan fingerprint density at radius 3 is 2.95 bits per heavy atom. The maximum absolute atomic E-state index is 6.19. The van der Waals surface area contributed by atoms with E-state index in [1.54, 1.807) is 0 Å². The molecule has 1 aromatic heterocycles. The summed E-state index contributed by atoms with van der Waals surface area (Å²) in [6.45, 7) is 4.58. The Morgan fingerprint density at radius 1 is 1.42 bits per heavy atom. The van der Waals surface area contributed by atoms with Crippen molar-refractivity contribution < 1.29 is 0 Å². The van der Waals surface area contributed by atoms with E-state index in [4.69, 9.17) is 22.3 Å². The quantitative estimate of drug-likeness (QED) is 0.870. The van der Waals surface area contributed by atoms with Crippen molar-refractivity contribution in [1.29, 1.82) is 0 Å². The topological polar surface area (TPSA) is 42.1 Å². The van der Waals surface area contributed by atoms with Crippen molar-refractivity contribution in [2.24, 2.45) is 5.73 Å². The summed E-state index contributed by atoms with van der Waals surface area (Å²) in [5.41, 5.74) is 11.9. The lowest BCUT2D eigenvalue weighted by Gasteiger charge is -2.27. The molecule has 2 N–H and O–H groups in total. The Labute approximate surface area is 118 Å². The number of hydrogen-bond acceptors (Lipinski definition) is 3. The van der Waals surface area contributed by atoms with Crippen LogP contribution < -0.4 is 5.73 Å². The molecule has 19 heavy (non-hydrogen) atoms. The van der Waals surface area contributed by atoms with Gasteiger partial charge in [-0.25, -0.2) is 0 Å². The van der Waals surface area contributed by atoms with E-state index in [1.165, 1.54) is 16.8 Å². The minimum absolute atomic E-state index is 0.537. The van der Waals surface area contributed by atoms with E-state index in [9.17, 15) is 0 Å². The molecule has 2 heterocycles. The average Bonchev–Trinajstić information content (AvgIpc) is 2.36. The molecule has 3 rings (SSSR count). The molecule has 0 bridgehead atoms. The first-order chi connectivity index (χ1) is 9.10. The van der Waals surface area contributed by atoms with Crippen LogP contribution in [0.4, 0.5) is 0 Å². The van der Waals surface area contributed by atoms with Crippen molar-refractivity contribution in [3.05, 3.63) is 39.5 Å². The molecule has 100 valence electrons. The summed E-state index contributed by atoms with van der Waals surface area (Å²) in [5, 5.41) is 1.87. The first kappa shape index (κ1) is 12.9. The number of likely N-dealkylation sites (N-methyl/N-ethyl adjacent to an activating group) is 1. The predicted octanol–water partition coefficient (Wildman–Crippen LogP) is 2.64. The summed E-state index contributed by atoms with van der Waals surface area (Å²) in [6.07, 6.45) is 0.997. The number of hydrogen-bond donors (Lipinski definition) is 1. The van der Waals surface area contributed by atoms with Crippen LogP contribution in [0.2, 0.25) is 5.02 Å². The van der Waals surface area contributed by atoms with Crippen molar-refractivity contribution in [1.82, 2.24) is 9.88 Å². The first-order valence-electron chi connectivity index (χ1n) is 6.59. The molecular formula is C15H18ClN3. The van der Waals surface area contributed by atoms with Crippen LogP contribution in [0.25, 0.3) is 10.9 Å². The van der Waals surface area contributed by atoms with Gasteiger partial charge in [0, 0.05) is 42.2 Å². The van der Waals surface area contributed by atoms with Gasteiger partial charge in [0.15, 0.2) is 0 Å². The monoisotopic (exact) mass is 275 g/mol. The zero-order valence-electron chi connectivity index (χ0n) is 11.3. The molecule has 1 aliphatic heterocycles. The number of pyridine rings is 1. The molecule has 0 fully saturated rings. The van der Waals surface area contributed by atoms with Gasteiger partial charge in [-0.1, -0.05) is 11.6 Å². The van der Waals surface area contributed by atoms with Crippen LogP contribution in [0.1, 0.15) is 22.4 Å². The highest BCUT2D eigenvalue weighted by Gasteiger charge is 2.20. The Balaban J connectivity index is 2.36. The van der Waals surface area contributed by atoms with Gasteiger partial charge in [0.05, 0.1) is 5.52 Å². The SMILES string of the molecule is Cc1cc(Cl)cc2c(CN)c3c(nc12)CCN(C)C3. The van der Waals surface area contributed by atoms with Gasteiger partial charge in [0.2, 0.25) is 0 Å². The fraction of sp³-hybridized carbons (Fsp3) is 0.400. The fourth-order valence-electron chi connectivity index (χ4n) is 2.93. The van der Waals surface area contributed by atoms with E-state index in [2.05, 4.69) is 18.9 Å². The van der Waals surface area contributed by atoms with Crippen LogP contribution in [0, 0.1) is 6.92 Å². The zero-order chi connectivity index (χ0) is 13.6. The molecule has 0 unspecified atom stereocenters. The molecule has 3 nitrogen and oxygen atoms in total. The lowest BCUT2D eigenvalue weighted by atomic mass is 9.95. The summed E-state index contributed by atoms with van der Waals surface area (Å²) in [5.74, 6) is 0. The van der Waals surface area contributed by atoms with Crippen LogP contribution in [-0.4, -0.2) is 23.5 Å². The molecule has 0 aliphatic carbocycles. The third-order valence-corrected chi connectivity index (χ3v) is 4.13. The Hall–Kier alpha value is -1.16. The molecule has 1 aromatic carbocycles. The molecule has 1 aliphatic rings. The van der Waals surface area contributed by atoms with Gasteiger partial charge in [0.1, 0.15) is 0 Å². The number of halogens is 1. The van der Waals surface area contributed by atoms with Crippen LogP contribution >= 0.6 is 11.6 Å². The summed E-state index contributed by atoms with van der Waals surface area (Å²) < 4.78 is 0. The number of rotatable bonds is 1. The van der Waals surface area contributed by atoms with Gasteiger partial charge in [-0.3, -0.25) is 4.98 Å². The summed E-state index contributed by atoms with van der Waals surface area (Å²) >= 11 is 6.19. The molecule has 0 radical (unpaired) electrons. The van der Waals surface area contributed by atoms with E-state index < -0.39 is 0 Å². The van der Waals surface area contributed by atoms with Gasteiger partial charge < -0.3 is 10.6 Å². The van der Waals surface area contributed by atoms with Crippen molar-refractivity contribution >= 4 is 22.5 Å². The predicted molar refractivity (Wildman–Crippen MR) is 79.4 cm³/mol. The Morgan fingerprint density at radius 2 is 2.21 bits per heavy atom. The number of benzene rings is 1. The molecule has 0 amide bonds. The molecule has 4 heteroatoms. The average molecular weight is 276 g/mol. The lowest BCUT2D eigenvalue weighted by molar-refractivity contribution is 0.309. The van der Waals surface area contributed by atoms with Crippen LogP contribution in [-0.2, 0) is 19.5 Å². The summed E-state index contributed by atoms with van der Waals surface area (Å²) in [4.78, 5) is 7.17. The van der Waals surface area contributed by atoms with Crippen molar-refractivity contribution in [2.45, 2.75) is 26.4 Å². The van der Waals surface area contributed by atoms with E-state index in [0.717, 1.165) is 41.0 Å². The van der Waals surface area contributed by atoms with Crippen LogP contribution in [0.15, 0.2) is 12.1 Å². The highest BCUT2D eigenvalue weighted by atomic mass is 35.5. The minimum atomic E-state index is 0.537. The smallest absolute Gasteiger partial charge is 0.0738 e. The number of fused-ring (bicyclic) bond motifs is 2. The van der Waals surface area contributed by atoms with Gasteiger partial charge in [-0.05, 0) is 42.8 Å². The minimum Gasteiger partial charge on any atom is -0.326 e. The molecule has 2 aromatic rings. The lowest BCUT2D eigenvalue weighted by Crippen LogP contribution is -2.29. The van der Waals surface area contributed by atoms with Crippen LogP contribution in [0.3, 0.4) is 0 Å². The normalized spacial score (nSPS) is 15.8. The van der Waals surface area contributed by atoms with Crippen molar-refractivity contribution in [2.75, 3.05) is 13.6 Å². The molecule has 0 atom stereocenters. The van der Waals surface area contributed by atoms with Gasteiger partial charge in [0.25, 0.3) is 0 Å². The highest BCUT2D eigenvalue weighted by molar-refractivity contribution is 6.31. The van der Waals surface area contributed by atoms with E-state index in [1.807, 2.05) is 12.1 Å². The fourth-order valence-corrected chi connectivity index (χ4v) is 3.20. The highest BCUT2D eigenvalue weighted by Crippen LogP contribution is 2.31. The van der Waals surface area contributed by atoms with Gasteiger partial charge in [-0.2, -0.15) is 0 Å². The van der Waals surface area contributed by atoms with Gasteiger partial charge >= 0.3 is 0 Å². The second-order valence-corrected chi connectivity index (χ2v) is 5.76. The zero-order valence-corrected chi connectivity index (χ0v) is 12.1. The van der Waals surface area contributed by atoms with Crippen LogP contribution in [0.5, 0.6) is 0 Å². The van der Waals surface area contributed by atoms with E-state index in [0.29, 0.717) is 6.54 Å². The van der Waals surface area contributed by atoms with E-state index >= 15 is 0 Å². The number of aromatic nitrogens is 1. The number of nitrogens with two attached hydrogens (primary N) is 1. The molecule has 0 spiro atoms. The van der Waals surface area contributed by atoms with Crippen molar-refractivity contribution in [3.8, 4) is 0 Å². The number of nitrogens with zero attached hydrogens (tertiary/aromatic N) is 2. The van der Waals surface area contributed by atoms with Crippen molar-refractivity contribution in [3.63, 3.8) is 0 Å². The largest absolute Gasteiger partial charge is 0.326 e. The molecule has 0 saturated heterocycles. The molecular weight excluding hydrogens is 258 g/mol. The maximum atomic E-state index is 6.19. The molecule has 0 saturated carbocycles. The second-order valence-electron chi connectivity index (χ2n) is 5.33.